The van der Waals surface area contributed by atoms with Crippen LogP contribution in [0, 0.1) is 0 Å². The molecule has 130 valence electrons. The standard InChI is InChI=1S/C21H25N3O/c1-17(25)23-15-20-8-3-2-7-19(20)12-21(16-23)9-5-11-24(21)14-18-6-4-10-22-13-18/h2-4,6-8,10,13H,5,9,11-12,14-16H2,1H3. The van der Waals surface area contributed by atoms with Gasteiger partial charge in [-0.15, -0.1) is 0 Å². The lowest BCUT2D eigenvalue weighted by atomic mass is 9.87. The average Bonchev–Trinajstić information content (AvgIpc) is 2.89. The lowest BCUT2D eigenvalue weighted by Gasteiger charge is -2.40. The first-order valence-corrected chi connectivity index (χ1v) is 9.13. The largest absolute Gasteiger partial charge is 0.337 e. The Kier molecular flexibility index (Phi) is 4.30. The molecule has 4 nitrogen and oxygen atoms in total. The highest BCUT2D eigenvalue weighted by molar-refractivity contribution is 5.73. The van der Waals surface area contributed by atoms with Gasteiger partial charge in [-0.3, -0.25) is 14.7 Å². The van der Waals surface area contributed by atoms with Crippen LogP contribution >= 0.6 is 0 Å². The fraction of sp³-hybridized carbons (Fsp3) is 0.429. The molecule has 0 saturated carbocycles. The van der Waals surface area contributed by atoms with Crippen molar-refractivity contribution in [1.29, 1.82) is 0 Å². The van der Waals surface area contributed by atoms with Crippen LogP contribution in [-0.4, -0.2) is 39.3 Å². The number of amides is 1. The lowest BCUT2D eigenvalue weighted by molar-refractivity contribution is -0.131. The van der Waals surface area contributed by atoms with E-state index in [9.17, 15) is 4.79 Å². The molecule has 0 bridgehead atoms. The van der Waals surface area contributed by atoms with Gasteiger partial charge in [-0.1, -0.05) is 30.3 Å². The summed E-state index contributed by atoms with van der Waals surface area (Å²) in [5, 5.41) is 0. The van der Waals surface area contributed by atoms with Gasteiger partial charge < -0.3 is 4.90 Å². The van der Waals surface area contributed by atoms with E-state index in [1.54, 1.807) is 6.92 Å². The van der Waals surface area contributed by atoms with E-state index in [1.165, 1.54) is 23.1 Å². The van der Waals surface area contributed by atoms with Crippen molar-refractivity contribution in [1.82, 2.24) is 14.8 Å². The van der Waals surface area contributed by atoms with E-state index in [1.807, 2.05) is 23.4 Å². The van der Waals surface area contributed by atoms with Crippen LogP contribution in [0.1, 0.15) is 36.5 Å². The van der Waals surface area contributed by atoms with Crippen molar-refractivity contribution in [3.05, 3.63) is 65.5 Å². The highest BCUT2D eigenvalue weighted by Crippen LogP contribution is 2.38. The Bertz CT molecular complexity index is 761. The van der Waals surface area contributed by atoms with Crippen molar-refractivity contribution in [3.63, 3.8) is 0 Å². The van der Waals surface area contributed by atoms with Crippen LogP contribution in [-0.2, 0) is 24.3 Å². The number of nitrogens with zero attached hydrogens (tertiary/aromatic N) is 3. The second kappa shape index (κ2) is 6.60. The number of rotatable bonds is 2. The number of fused-ring (bicyclic) bond motifs is 1. The van der Waals surface area contributed by atoms with E-state index in [0.717, 1.165) is 39.0 Å². The summed E-state index contributed by atoms with van der Waals surface area (Å²) < 4.78 is 0. The SMILES string of the molecule is CC(=O)N1Cc2ccccc2CC2(CCCN2Cc2cccnc2)C1. The van der Waals surface area contributed by atoms with Crippen molar-refractivity contribution < 1.29 is 4.79 Å². The molecule has 2 aliphatic heterocycles. The molecule has 0 aliphatic carbocycles. The maximum atomic E-state index is 12.3. The van der Waals surface area contributed by atoms with Crippen molar-refractivity contribution in [2.45, 2.75) is 44.8 Å². The van der Waals surface area contributed by atoms with Gasteiger partial charge in [0.1, 0.15) is 0 Å². The third-order valence-corrected chi connectivity index (χ3v) is 5.77. The summed E-state index contributed by atoms with van der Waals surface area (Å²) >= 11 is 0. The average molecular weight is 335 g/mol. The molecule has 1 atom stereocenters. The molecule has 4 heteroatoms. The van der Waals surface area contributed by atoms with E-state index in [2.05, 4.69) is 40.2 Å². The lowest BCUT2D eigenvalue weighted by Crippen LogP contribution is -2.52. The predicted octanol–water partition coefficient (Wildman–Crippen LogP) is 3.02. The van der Waals surface area contributed by atoms with Gasteiger partial charge >= 0.3 is 0 Å². The van der Waals surface area contributed by atoms with Gasteiger partial charge in [0, 0.05) is 44.5 Å². The molecule has 0 radical (unpaired) electrons. The number of pyridine rings is 1. The first-order valence-electron chi connectivity index (χ1n) is 9.13. The molecule has 1 aromatic heterocycles. The molecule has 2 aromatic rings. The van der Waals surface area contributed by atoms with Crippen molar-refractivity contribution >= 4 is 5.91 Å². The Morgan fingerprint density at radius 3 is 2.80 bits per heavy atom. The number of benzene rings is 1. The smallest absolute Gasteiger partial charge is 0.219 e. The molecule has 3 heterocycles. The van der Waals surface area contributed by atoms with E-state index in [4.69, 9.17) is 0 Å². The number of hydrogen-bond donors (Lipinski definition) is 0. The number of hydrogen-bond acceptors (Lipinski definition) is 3. The number of aromatic nitrogens is 1. The van der Waals surface area contributed by atoms with Crippen LogP contribution in [0.15, 0.2) is 48.8 Å². The second-order valence-corrected chi connectivity index (χ2v) is 7.43. The van der Waals surface area contributed by atoms with Gasteiger partial charge in [0.05, 0.1) is 0 Å². The van der Waals surface area contributed by atoms with E-state index < -0.39 is 0 Å². The first-order chi connectivity index (χ1) is 12.2. The molecule has 4 rings (SSSR count). The quantitative estimate of drug-likeness (QED) is 0.846. The summed E-state index contributed by atoms with van der Waals surface area (Å²) in [5.74, 6) is 0.171. The van der Waals surface area contributed by atoms with Gasteiger partial charge in [-0.05, 0) is 48.6 Å². The number of likely N-dealkylation sites (tertiary alicyclic amines) is 1. The van der Waals surface area contributed by atoms with Crippen LogP contribution in [0.2, 0.25) is 0 Å². The summed E-state index contributed by atoms with van der Waals surface area (Å²) in [7, 11) is 0. The molecule has 1 amide bonds. The molecule has 1 fully saturated rings. The summed E-state index contributed by atoms with van der Waals surface area (Å²) in [6.07, 6.45) is 7.13. The topological polar surface area (TPSA) is 36.4 Å². The zero-order valence-electron chi connectivity index (χ0n) is 14.8. The van der Waals surface area contributed by atoms with Crippen LogP contribution in [0.5, 0.6) is 0 Å². The zero-order valence-corrected chi connectivity index (χ0v) is 14.8. The highest BCUT2D eigenvalue weighted by Gasteiger charge is 2.44. The molecular formula is C21H25N3O. The third-order valence-electron chi connectivity index (χ3n) is 5.77. The third kappa shape index (κ3) is 3.19. The van der Waals surface area contributed by atoms with Crippen molar-refractivity contribution in [2.75, 3.05) is 13.1 Å². The van der Waals surface area contributed by atoms with E-state index in [-0.39, 0.29) is 11.4 Å². The summed E-state index contributed by atoms with van der Waals surface area (Å²) in [6.45, 7) is 5.23. The minimum atomic E-state index is 0.0358. The molecule has 25 heavy (non-hydrogen) atoms. The van der Waals surface area contributed by atoms with Crippen LogP contribution in [0.3, 0.4) is 0 Å². The maximum absolute atomic E-state index is 12.3. The Labute approximate surface area is 149 Å². The second-order valence-electron chi connectivity index (χ2n) is 7.43. The van der Waals surface area contributed by atoms with Crippen molar-refractivity contribution in [2.24, 2.45) is 0 Å². The Morgan fingerprint density at radius 2 is 2.04 bits per heavy atom. The Hall–Kier alpha value is -2.20. The monoisotopic (exact) mass is 335 g/mol. The predicted molar refractivity (Wildman–Crippen MR) is 97.8 cm³/mol. The van der Waals surface area contributed by atoms with Crippen LogP contribution < -0.4 is 0 Å². The van der Waals surface area contributed by atoms with E-state index in [0.29, 0.717) is 0 Å². The summed E-state index contributed by atoms with van der Waals surface area (Å²) in [6, 6.07) is 12.8. The molecule has 0 N–H and O–H groups in total. The minimum Gasteiger partial charge on any atom is -0.337 e. The van der Waals surface area contributed by atoms with Gasteiger partial charge in [-0.25, -0.2) is 0 Å². The molecule has 1 saturated heterocycles. The molecule has 2 aliphatic rings. The Balaban J connectivity index is 1.69. The van der Waals surface area contributed by atoms with Gasteiger partial charge in [0.2, 0.25) is 5.91 Å². The fourth-order valence-corrected chi connectivity index (χ4v) is 4.47. The van der Waals surface area contributed by atoms with Gasteiger partial charge in [-0.2, -0.15) is 0 Å². The highest BCUT2D eigenvalue weighted by atomic mass is 16.2. The summed E-state index contributed by atoms with van der Waals surface area (Å²) in [4.78, 5) is 21.2. The van der Waals surface area contributed by atoms with Gasteiger partial charge in [0.25, 0.3) is 0 Å². The molecule has 1 aromatic carbocycles. The fourth-order valence-electron chi connectivity index (χ4n) is 4.47. The Morgan fingerprint density at radius 1 is 1.20 bits per heavy atom. The van der Waals surface area contributed by atoms with Gasteiger partial charge in [0.15, 0.2) is 0 Å². The van der Waals surface area contributed by atoms with Crippen LogP contribution in [0.4, 0.5) is 0 Å². The summed E-state index contributed by atoms with van der Waals surface area (Å²) in [5.41, 5.74) is 3.97. The van der Waals surface area contributed by atoms with Crippen molar-refractivity contribution in [3.8, 4) is 0 Å². The first kappa shape index (κ1) is 16.3. The molecule has 1 unspecified atom stereocenters. The maximum Gasteiger partial charge on any atom is 0.219 e. The minimum absolute atomic E-state index is 0.0358. The zero-order chi connectivity index (χ0) is 17.3. The number of carbonyl (C=O) groups is 1. The van der Waals surface area contributed by atoms with E-state index >= 15 is 0 Å². The normalized spacial score (nSPS) is 23.5. The molecule has 1 spiro atoms. The molecular weight excluding hydrogens is 310 g/mol. The number of carbonyl (C=O) groups excluding carboxylic acids is 1. The van der Waals surface area contributed by atoms with Crippen LogP contribution in [0.25, 0.3) is 0 Å².